The number of benzene rings is 2. The molecule has 0 N–H and O–H groups in total. The van der Waals surface area contributed by atoms with Crippen LogP contribution in [0.3, 0.4) is 0 Å². The number of aryl methyl sites for hydroxylation is 2. The van der Waals surface area contributed by atoms with Crippen molar-refractivity contribution in [3.8, 4) is 5.75 Å². The fourth-order valence-corrected chi connectivity index (χ4v) is 5.88. The molecule has 2 aromatic carbocycles. The summed E-state index contributed by atoms with van der Waals surface area (Å²) in [5, 5.41) is 0. The number of nitrogens with zero attached hydrogens (tertiary/aromatic N) is 4. The molecule has 0 radical (unpaired) electrons. The van der Waals surface area contributed by atoms with Gasteiger partial charge in [0.05, 0.1) is 18.1 Å². The van der Waals surface area contributed by atoms with Crippen molar-refractivity contribution in [1.29, 1.82) is 0 Å². The number of likely N-dealkylation sites (tertiary alicyclic amines) is 2. The molecule has 0 spiro atoms. The van der Waals surface area contributed by atoms with Crippen molar-refractivity contribution in [2.24, 2.45) is 5.92 Å². The molecular formula is C29H36N4O3. The quantitative estimate of drug-likeness (QED) is 0.520. The van der Waals surface area contributed by atoms with Crippen molar-refractivity contribution in [2.75, 3.05) is 33.3 Å². The number of para-hydroxylation sites is 3. The van der Waals surface area contributed by atoms with Gasteiger partial charge in [-0.2, -0.15) is 0 Å². The number of piperidine rings is 2. The Labute approximate surface area is 213 Å². The largest absolute Gasteiger partial charge is 0.496 e. The number of carbonyl (C=O) groups is 2. The van der Waals surface area contributed by atoms with E-state index < -0.39 is 0 Å². The molecule has 7 heteroatoms. The highest BCUT2D eigenvalue weighted by Gasteiger charge is 2.32. The van der Waals surface area contributed by atoms with Crippen molar-refractivity contribution < 1.29 is 14.3 Å². The number of imidazole rings is 1. The highest BCUT2D eigenvalue weighted by atomic mass is 16.5. The highest BCUT2D eigenvalue weighted by molar-refractivity contribution is 5.80. The lowest BCUT2D eigenvalue weighted by Crippen LogP contribution is -2.46. The Morgan fingerprint density at radius 3 is 2.28 bits per heavy atom. The minimum absolute atomic E-state index is 0.0441. The average molecular weight is 489 g/mol. The fraction of sp³-hybridized carbons (Fsp3) is 0.483. The van der Waals surface area contributed by atoms with E-state index in [2.05, 4.69) is 39.8 Å². The number of ether oxygens (including phenoxy) is 1. The molecule has 2 amide bonds. The van der Waals surface area contributed by atoms with Gasteiger partial charge in [0.25, 0.3) is 0 Å². The Kier molecular flexibility index (Phi) is 7.25. The van der Waals surface area contributed by atoms with Crippen LogP contribution in [0.15, 0.2) is 48.5 Å². The van der Waals surface area contributed by atoms with Gasteiger partial charge in [0.2, 0.25) is 11.8 Å². The van der Waals surface area contributed by atoms with Crippen LogP contribution in [0.25, 0.3) is 11.0 Å². The van der Waals surface area contributed by atoms with Gasteiger partial charge in [-0.05, 0) is 55.9 Å². The van der Waals surface area contributed by atoms with Crippen molar-refractivity contribution in [2.45, 2.75) is 51.5 Å². The van der Waals surface area contributed by atoms with Gasteiger partial charge in [-0.25, -0.2) is 4.98 Å². The van der Waals surface area contributed by atoms with Gasteiger partial charge in [-0.1, -0.05) is 30.3 Å². The van der Waals surface area contributed by atoms with Crippen molar-refractivity contribution in [3.63, 3.8) is 0 Å². The van der Waals surface area contributed by atoms with Crippen LogP contribution < -0.4 is 4.74 Å². The molecule has 7 nitrogen and oxygen atoms in total. The van der Waals surface area contributed by atoms with Crippen LogP contribution in [-0.2, 0) is 22.4 Å². The predicted octanol–water partition coefficient (Wildman–Crippen LogP) is 4.25. The maximum atomic E-state index is 13.2. The van der Waals surface area contributed by atoms with Gasteiger partial charge in [0.1, 0.15) is 11.6 Å². The third kappa shape index (κ3) is 4.97. The van der Waals surface area contributed by atoms with Crippen LogP contribution in [0.2, 0.25) is 0 Å². The number of amides is 2. The van der Waals surface area contributed by atoms with E-state index >= 15 is 0 Å². The molecule has 0 aliphatic carbocycles. The molecule has 5 rings (SSSR count). The van der Waals surface area contributed by atoms with E-state index in [1.807, 2.05) is 23.1 Å². The topological polar surface area (TPSA) is 67.7 Å². The van der Waals surface area contributed by atoms with Crippen molar-refractivity contribution in [3.05, 3.63) is 59.9 Å². The van der Waals surface area contributed by atoms with E-state index in [1.54, 1.807) is 14.0 Å². The number of methoxy groups -OCH3 is 1. The summed E-state index contributed by atoms with van der Waals surface area (Å²) in [6.07, 6.45) is 5.11. The van der Waals surface area contributed by atoms with Gasteiger partial charge >= 0.3 is 0 Å². The maximum Gasteiger partial charge on any atom is 0.225 e. The van der Waals surface area contributed by atoms with Crippen molar-refractivity contribution >= 4 is 22.8 Å². The van der Waals surface area contributed by atoms with Crippen LogP contribution in [0.4, 0.5) is 0 Å². The molecule has 2 saturated heterocycles. The number of fused-ring (bicyclic) bond motifs is 1. The first-order valence-corrected chi connectivity index (χ1v) is 13.2. The van der Waals surface area contributed by atoms with E-state index in [-0.39, 0.29) is 17.7 Å². The average Bonchev–Trinajstić information content (AvgIpc) is 3.30. The zero-order valence-corrected chi connectivity index (χ0v) is 21.4. The molecule has 0 bridgehead atoms. The molecule has 190 valence electrons. The molecular weight excluding hydrogens is 452 g/mol. The normalized spacial score (nSPS) is 17.5. The van der Waals surface area contributed by atoms with Gasteiger partial charge in [0, 0.05) is 51.5 Å². The minimum atomic E-state index is 0.0441. The lowest BCUT2D eigenvalue weighted by Gasteiger charge is -2.37. The smallest absolute Gasteiger partial charge is 0.225 e. The summed E-state index contributed by atoms with van der Waals surface area (Å²) < 4.78 is 7.99. The van der Waals surface area contributed by atoms with E-state index in [1.165, 1.54) is 11.1 Å². The van der Waals surface area contributed by atoms with Crippen LogP contribution in [-0.4, -0.2) is 64.5 Å². The molecule has 2 aliphatic rings. The highest BCUT2D eigenvalue weighted by Crippen LogP contribution is 2.31. The summed E-state index contributed by atoms with van der Waals surface area (Å²) in [6.45, 7) is 4.54. The number of carbonyl (C=O) groups excluding carboxylic acids is 2. The fourth-order valence-electron chi connectivity index (χ4n) is 5.88. The monoisotopic (exact) mass is 488 g/mol. The Hall–Kier alpha value is -3.35. The lowest BCUT2D eigenvalue weighted by atomic mass is 9.93. The SMILES string of the molecule is COc1ccccc1CCc1nc2ccccc2n1C1CCN(C(=O)C2CCN(C(C)=O)CC2)CC1. The van der Waals surface area contributed by atoms with E-state index in [9.17, 15) is 9.59 Å². The van der Waals surface area contributed by atoms with Crippen molar-refractivity contribution in [1.82, 2.24) is 19.4 Å². The number of hydrogen-bond donors (Lipinski definition) is 0. The molecule has 1 aromatic heterocycles. The molecule has 3 heterocycles. The first kappa shape index (κ1) is 24.3. The van der Waals surface area contributed by atoms with E-state index in [0.717, 1.165) is 68.7 Å². The zero-order valence-electron chi connectivity index (χ0n) is 21.4. The predicted molar refractivity (Wildman–Crippen MR) is 140 cm³/mol. The lowest BCUT2D eigenvalue weighted by molar-refractivity contribution is -0.141. The van der Waals surface area contributed by atoms with Crippen LogP contribution in [0.5, 0.6) is 5.75 Å². The molecule has 36 heavy (non-hydrogen) atoms. The number of aromatic nitrogens is 2. The molecule has 0 atom stereocenters. The maximum absolute atomic E-state index is 13.2. The summed E-state index contributed by atoms with van der Waals surface area (Å²) in [5.74, 6) is 2.44. The number of hydrogen-bond acceptors (Lipinski definition) is 4. The Morgan fingerprint density at radius 1 is 0.889 bits per heavy atom. The molecule has 2 aliphatic heterocycles. The third-order valence-electron chi connectivity index (χ3n) is 7.91. The first-order chi connectivity index (χ1) is 17.5. The van der Waals surface area contributed by atoms with E-state index in [0.29, 0.717) is 19.1 Å². The minimum Gasteiger partial charge on any atom is -0.496 e. The Balaban J connectivity index is 1.28. The Morgan fingerprint density at radius 2 is 1.56 bits per heavy atom. The van der Waals surface area contributed by atoms with Gasteiger partial charge in [-0.15, -0.1) is 0 Å². The summed E-state index contributed by atoms with van der Waals surface area (Å²) in [5.41, 5.74) is 3.40. The second kappa shape index (κ2) is 10.7. The second-order valence-electron chi connectivity index (χ2n) is 10.0. The van der Waals surface area contributed by atoms with Crippen LogP contribution in [0, 0.1) is 5.92 Å². The summed E-state index contributed by atoms with van der Waals surface area (Å²) in [7, 11) is 1.72. The molecule has 2 fully saturated rings. The summed E-state index contributed by atoms with van der Waals surface area (Å²) in [4.78, 5) is 33.8. The zero-order chi connectivity index (χ0) is 25.1. The summed E-state index contributed by atoms with van der Waals surface area (Å²) >= 11 is 0. The summed E-state index contributed by atoms with van der Waals surface area (Å²) in [6, 6.07) is 16.9. The Bertz CT molecular complexity index is 1220. The number of rotatable bonds is 6. The van der Waals surface area contributed by atoms with Gasteiger partial charge in [0.15, 0.2) is 0 Å². The van der Waals surface area contributed by atoms with E-state index in [4.69, 9.17) is 9.72 Å². The molecule has 3 aromatic rings. The van der Waals surface area contributed by atoms with Crippen LogP contribution >= 0.6 is 0 Å². The van der Waals surface area contributed by atoms with Crippen LogP contribution in [0.1, 0.15) is 50.0 Å². The third-order valence-corrected chi connectivity index (χ3v) is 7.91. The molecule has 0 saturated carbocycles. The molecule has 0 unspecified atom stereocenters. The first-order valence-electron chi connectivity index (χ1n) is 13.2. The standard InChI is InChI=1S/C29H36N4O3/c1-21(34)31-17-13-23(14-18-31)29(35)32-19-15-24(16-20-32)33-26-9-5-4-8-25(26)30-28(33)12-11-22-7-3-6-10-27(22)36-2/h3-10,23-24H,11-20H2,1-2H3. The van der Waals surface area contributed by atoms with Gasteiger partial charge < -0.3 is 19.1 Å². The second-order valence-corrected chi connectivity index (χ2v) is 10.0. The van der Waals surface area contributed by atoms with Gasteiger partial charge in [-0.3, -0.25) is 9.59 Å².